The Morgan fingerprint density at radius 1 is 0.619 bits per heavy atom. The summed E-state index contributed by atoms with van der Waals surface area (Å²) in [5.74, 6) is 0.637. The lowest BCUT2D eigenvalue weighted by molar-refractivity contribution is 0.397. The summed E-state index contributed by atoms with van der Waals surface area (Å²) < 4.78 is 6.29. The van der Waals surface area contributed by atoms with Crippen molar-refractivity contribution < 1.29 is 4.74 Å². The summed E-state index contributed by atoms with van der Waals surface area (Å²) in [6, 6.07) is 23.0. The van der Waals surface area contributed by atoms with E-state index in [0.29, 0.717) is 5.88 Å². The van der Waals surface area contributed by atoms with Crippen molar-refractivity contribution in [1.29, 1.82) is 0 Å². The highest BCUT2D eigenvalue weighted by Crippen LogP contribution is 2.31. The van der Waals surface area contributed by atoms with Gasteiger partial charge < -0.3 is 14.7 Å². The van der Waals surface area contributed by atoms with Gasteiger partial charge in [-0.2, -0.15) is 0 Å². The van der Waals surface area contributed by atoms with Crippen molar-refractivity contribution in [2.75, 3.05) is 7.11 Å². The average Bonchev–Trinajstić information content (AvgIpc) is 3.61. The average molecular weight is 617 g/mol. The molecule has 0 unspecified atom stereocenters. The van der Waals surface area contributed by atoms with Crippen LogP contribution in [0.2, 0.25) is 0 Å². The Labute approximate surface area is 253 Å². The van der Waals surface area contributed by atoms with Crippen LogP contribution in [0.25, 0.3) is 55.4 Å². The number of hydrogen-bond donors (Lipinski definition) is 2. The van der Waals surface area contributed by atoms with Crippen LogP contribution in [0.15, 0.2) is 102 Å². The number of ether oxygens (including phenoxy) is 1. The third-order valence-electron chi connectivity index (χ3n) is 7.47. The van der Waals surface area contributed by atoms with Gasteiger partial charge >= 0.3 is 0 Å². The minimum atomic E-state index is 0.637. The van der Waals surface area contributed by atoms with Gasteiger partial charge in [0.1, 0.15) is 0 Å². The molecular formula is C35H30BrN5O. The second-order valence-corrected chi connectivity index (χ2v) is 11.2. The van der Waals surface area contributed by atoms with Crippen molar-refractivity contribution >= 4 is 37.7 Å². The fraction of sp³-hybridized carbons (Fsp3) is 0.114. The Morgan fingerprint density at radius 3 is 1.79 bits per heavy atom. The normalized spacial score (nSPS) is 11.0. The van der Waals surface area contributed by atoms with E-state index >= 15 is 0 Å². The molecule has 0 radical (unpaired) electrons. The first kappa shape index (κ1) is 27.4. The minimum absolute atomic E-state index is 0.637. The van der Waals surface area contributed by atoms with E-state index in [4.69, 9.17) is 4.74 Å². The smallest absolute Gasteiger partial charge is 0.213 e. The number of aryl methyl sites for hydroxylation is 3. The molecule has 0 fully saturated rings. The van der Waals surface area contributed by atoms with Crippen LogP contribution >= 0.6 is 15.9 Å². The van der Waals surface area contributed by atoms with Gasteiger partial charge in [0.2, 0.25) is 5.88 Å². The Balaban J connectivity index is 0.000000162. The number of H-pyrrole nitrogens is 2. The van der Waals surface area contributed by atoms with Crippen LogP contribution in [0.3, 0.4) is 0 Å². The van der Waals surface area contributed by atoms with E-state index in [9.17, 15) is 0 Å². The minimum Gasteiger partial charge on any atom is -0.481 e. The van der Waals surface area contributed by atoms with E-state index in [0.717, 1.165) is 54.7 Å². The van der Waals surface area contributed by atoms with E-state index in [1.807, 2.05) is 55.2 Å². The maximum atomic E-state index is 5.20. The van der Waals surface area contributed by atoms with Gasteiger partial charge in [0.05, 0.1) is 7.11 Å². The molecule has 5 aromatic heterocycles. The van der Waals surface area contributed by atoms with E-state index in [-0.39, 0.29) is 0 Å². The summed E-state index contributed by atoms with van der Waals surface area (Å²) in [5, 5.41) is 2.38. The first-order valence-electron chi connectivity index (χ1n) is 13.6. The summed E-state index contributed by atoms with van der Waals surface area (Å²) in [5.41, 5.74) is 12.6. The van der Waals surface area contributed by atoms with Gasteiger partial charge in [-0.15, -0.1) is 0 Å². The number of methoxy groups -OCH3 is 1. The highest BCUT2D eigenvalue weighted by Gasteiger charge is 2.10. The maximum Gasteiger partial charge on any atom is 0.213 e. The molecule has 42 heavy (non-hydrogen) atoms. The number of fused-ring (bicyclic) bond motifs is 2. The Hall–Kier alpha value is -4.75. The fourth-order valence-corrected chi connectivity index (χ4v) is 5.51. The van der Waals surface area contributed by atoms with Crippen LogP contribution in [0.4, 0.5) is 0 Å². The van der Waals surface area contributed by atoms with Gasteiger partial charge in [-0.25, -0.2) is 4.98 Å². The standard InChI is InChI=1S/C21H19N3O.C14H11BrN2/c1-13-6-7-22-11-18(13)20-10-16-9-15(4-5-19(16)24-20)17-12-23-21(25-3)8-14(17)2;1-9-4-5-16-8-12(9)14-7-10-6-11(15)2-3-13(10)17-14/h4-12,24H,1-3H3;2-8,17H,1H3. The molecule has 0 aliphatic rings. The van der Waals surface area contributed by atoms with Gasteiger partial charge in [-0.1, -0.05) is 22.0 Å². The number of hydrogen-bond acceptors (Lipinski definition) is 4. The molecule has 0 bridgehead atoms. The van der Waals surface area contributed by atoms with Crippen LogP contribution < -0.4 is 4.74 Å². The summed E-state index contributed by atoms with van der Waals surface area (Å²) in [7, 11) is 1.63. The fourth-order valence-electron chi connectivity index (χ4n) is 5.13. The zero-order valence-electron chi connectivity index (χ0n) is 23.9. The molecule has 7 rings (SSSR count). The summed E-state index contributed by atoms with van der Waals surface area (Å²) in [4.78, 5) is 19.7. The molecule has 0 amide bonds. The van der Waals surface area contributed by atoms with Crippen molar-refractivity contribution in [1.82, 2.24) is 24.9 Å². The quantitative estimate of drug-likeness (QED) is 0.207. The molecule has 7 heteroatoms. The third-order valence-corrected chi connectivity index (χ3v) is 7.96. The van der Waals surface area contributed by atoms with Gasteiger partial charge in [-0.3, -0.25) is 9.97 Å². The molecule has 2 N–H and O–H groups in total. The molecule has 0 aliphatic heterocycles. The monoisotopic (exact) mass is 615 g/mol. The molecule has 0 atom stereocenters. The molecule has 208 valence electrons. The van der Waals surface area contributed by atoms with Gasteiger partial charge in [-0.05, 0) is 97.6 Å². The second-order valence-electron chi connectivity index (χ2n) is 10.3. The topological polar surface area (TPSA) is 79.5 Å². The first-order valence-corrected chi connectivity index (χ1v) is 14.4. The molecule has 5 heterocycles. The number of halogens is 1. The number of rotatable bonds is 4. The molecule has 2 aromatic carbocycles. The van der Waals surface area contributed by atoms with Crippen LogP contribution in [0.5, 0.6) is 5.88 Å². The van der Waals surface area contributed by atoms with Crippen molar-refractivity contribution in [2.45, 2.75) is 20.8 Å². The zero-order chi connectivity index (χ0) is 29.2. The van der Waals surface area contributed by atoms with Crippen molar-refractivity contribution in [2.24, 2.45) is 0 Å². The predicted molar refractivity (Wildman–Crippen MR) is 175 cm³/mol. The van der Waals surface area contributed by atoms with Gasteiger partial charge in [0.25, 0.3) is 0 Å². The molecule has 0 saturated carbocycles. The number of pyridine rings is 3. The van der Waals surface area contributed by atoms with E-state index < -0.39 is 0 Å². The van der Waals surface area contributed by atoms with E-state index in [1.54, 1.807) is 7.11 Å². The van der Waals surface area contributed by atoms with E-state index in [1.165, 1.54) is 21.9 Å². The highest BCUT2D eigenvalue weighted by atomic mass is 79.9. The number of aromatic nitrogens is 5. The van der Waals surface area contributed by atoms with Crippen molar-refractivity contribution in [3.8, 4) is 39.5 Å². The predicted octanol–water partition coefficient (Wildman–Crippen LogP) is 9.22. The first-order chi connectivity index (χ1) is 20.4. The van der Waals surface area contributed by atoms with Gasteiger partial charge in [0, 0.05) is 91.4 Å². The van der Waals surface area contributed by atoms with Crippen LogP contribution in [0.1, 0.15) is 16.7 Å². The summed E-state index contributed by atoms with van der Waals surface area (Å²) in [6.45, 7) is 6.27. The van der Waals surface area contributed by atoms with Crippen LogP contribution in [-0.2, 0) is 0 Å². The molecule has 0 spiro atoms. The Morgan fingerprint density at radius 2 is 1.21 bits per heavy atom. The van der Waals surface area contributed by atoms with Crippen LogP contribution in [0, 0.1) is 20.8 Å². The number of nitrogens with zero attached hydrogens (tertiary/aromatic N) is 3. The third kappa shape index (κ3) is 5.56. The largest absolute Gasteiger partial charge is 0.481 e. The Kier molecular flexibility index (Phi) is 7.59. The highest BCUT2D eigenvalue weighted by molar-refractivity contribution is 9.10. The van der Waals surface area contributed by atoms with E-state index in [2.05, 4.69) is 104 Å². The summed E-state index contributed by atoms with van der Waals surface area (Å²) in [6.07, 6.45) is 9.30. The molecular weight excluding hydrogens is 586 g/mol. The Bertz CT molecular complexity index is 2040. The van der Waals surface area contributed by atoms with Crippen molar-refractivity contribution in [3.05, 3.63) is 119 Å². The molecule has 7 aromatic rings. The lowest BCUT2D eigenvalue weighted by atomic mass is 10.0. The number of aromatic amines is 2. The van der Waals surface area contributed by atoms with Crippen molar-refractivity contribution in [3.63, 3.8) is 0 Å². The zero-order valence-corrected chi connectivity index (χ0v) is 25.5. The van der Waals surface area contributed by atoms with Gasteiger partial charge in [0.15, 0.2) is 0 Å². The van der Waals surface area contributed by atoms with Crippen LogP contribution in [-0.4, -0.2) is 32.0 Å². The SMILES string of the molecule is COc1cc(C)c(-c2ccc3[nH]c(-c4cnccc4C)cc3c2)cn1.Cc1ccncc1-c1cc2cc(Br)ccc2[nH]1. The lowest BCUT2D eigenvalue weighted by Gasteiger charge is -2.07. The summed E-state index contributed by atoms with van der Waals surface area (Å²) >= 11 is 3.49. The number of nitrogens with one attached hydrogen (secondary N) is 2. The number of benzene rings is 2. The molecule has 0 aliphatic carbocycles. The lowest BCUT2D eigenvalue weighted by Crippen LogP contribution is -1.90. The second kappa shape index (κ2) is 11.6. The molecule has 6 nitrogen and oxygen atoms in total. The molecule has 0 saturated heterocycles. The maximum absolute atomic E-state index is 5.20.